The molecule has 16 heavy (non-hydrogen) atoms. The van der Waals surface area contributed by atoms with E-state index in [0.717, 1.165) is 5.56 Å². The minimum atomic E-state index is -0.483. The molecule has 0 aliphatic rings. The highest BCUT2D eigenvalue weighted by Crippen LogP contribution is 2.19. The van der Waals surface area contributed by atoms with Crippen LogP contribution in [-0.2, 0) is 16.0 Å². The van der Waals surface area contributed by atoms with Gasteiger partial charge in [0.05, 0.1) is 11.3 Å². The summed E-state index contributed by atoms with van der Waals surface area (Å²) >= 11 is 1.36. The van der Waals surface area contributed by atoms with Crippen LogP contribution in [0, 0.1) is 0 Å². The summed E-state index contributed by atoms with van der Waals surface area (Å²) < 4.78 is 5.20. The summed E-state index contributed by atoms with van der Waals surface area (Å²) in [5.74, 6) is -0.304. The van der Waals surface area contributed by atoms with Gasteiger partial charge in [0, 0.05) is 0 Å². The summed E-state index contributed by atoms with van der Waals surface area (Å²) in [5.41, 5.74) is 0.274. The van der Waals surface area contributed by atoms with Crippen molar-refractivity contribution < 1.29 is 14.3 Å². The van der Waals surface area contributed by atoms with Gasteiger partial charge in [-0.15, -0.1) is 11.3 Å². The number of carbonyl (C=O) groups is 2. The Morgan fingerprint density at radius 3 is 2.50 bits per heavy atom. The van der Waals surface area contributed by atoms with Gasteiger partial charge in [0.2, 0.25) is 0 Å². The number of carbonyl (C=O) groups excluding carboxylic acids is 2. The Morgan fingerprint density at radius 2 is 2.00 bits per heavy atom. The van der Waals surface area contributed by atoms with Crippen molar-refractivity contribution in [3.05, 3.63) is 21.9 Å². The van der Waals surface area contributed by atoms with Crippen molar-refractivity contribution in [1.29, 1.82) is 0 Å². The van der Waals surface area contributed by atoms with Gasteiger partial charge in [-0.05, 0) is 44.7 Å². The molecule has 0 aliphatic carbocycles. The molecule has 4 heteroatoms. The molecule has 1 rings (SSSR count). The molecule has 1 aromatic rings. The first-order valence-electron chi connectivity index (χ1n) is 5.09. The van der Waals surface area contributed by atoms with Crippen molar-refractivity contribution in [2.24, 2.45) is 0 Å². The van der Waals surface area contributed by atoms with Gasteiger partial charge in [-0.1, -0.05) is 0 Å². The topological polar surface area (TPSA) is 43.4 Å². The molecule has 0 saturated heterocycles. The molecule has 0 fully saturated rings. The summed E-state index contributed by atoms with van der Waals surface area (Å²) in [4.78, 5) is 23.5. The number of esters is 1. The first-order chi connectivity index (χ1) is 7.29. The fourth-order valence-corrected chi connectivity index (χ4v) is 2.14. The van der Waals surface area contributed by atoms with Crippen LogP contribution in [0.4, 0.5) is 0 Å². The maximum Gasteiger partial charge on any atom is 0.310 e. The van der Waals surface area contributed by atoms with Crippen LogP contribution in [0.25, 0.3) is 0 Å². The van der Waals surface area contributed by atoms with E-state index in [1.54, 1.807) is 6.07 Å². The summed E-state index contributed by atoms with van der Waals surface area (Å²) in [7, 11) is 0. The predicted octanol–water partition coefficient (Wildman–Crippen LogP) is 2.83. The number of Topliss-reactive ketones (excluding diaryl/α,β-unsaturated/α-hetero) is 1. The first kappa shape index (κ1) is 12.9. The molecule has 0 unspecified atom stereocenters. The quantitative estimate of drug-likeness (QED) is 0.602. The van der Waals surface area contributed by atoms with Crippen molar-refractivity contribution >= 4 is 23.1 Å². The molecule has 1 aromatic heterocycles. The molecule has 0 aliphatic heterocycles. The molecule has 0 N–H and O–H groups in total. The maximum atomic E-state index is 11.6. The van der Waals surface area contributed by atoms with Crippen LogP contribution in [0.5, 0.6) is 0 Å². The number of hydrogen-bond acceptors (Lipinski definition) is 4. The van der Waals surface area contributed by atoms with Crippen LogP contribution in [0.2, 0.25) is 0 Å². The first-order valence-corrected chi connectivity index (χ1v) is 5.97. The van der Waals surface area contributed by atoms with Gasteiger partial charge in [0.15, 0.2) is 5.78 Å². The van der Waals surface area contributed by atoms with Gasteiger partial charge in [-0.25, -0.2) is 0 Å². The number of ketones is 1. The third-order valence-corrected chi connectivity index (χ3v) is 2.88. The SMILES string of the molecule is CC(=O)c1sccc1CC(=O)OC(C)(C)C. The standard InChI is InChI=1S/C12H16O3S/c1-8(13)11-9(5-6-16-11)7-10(14)15-12(2,3)4/h5-6H,7H2,1-4H3. The van der Waals surface area contributed by atoms with Crippen LogP contribution < -0.4 is 0 Å². The second kappa shape index (κ2) is 4.78. The number of hydrogen-bond donors (Lipinski definition) is 0. The van der Waals surface area contributed by atoms with E-state index in [2.05, 4.69) is 0 Å². The smallest absolute Gasteiger partial charge is 0.310 e. The van der Waals surface area contributed by atoms with Gasteiger partial charge in [-0.2, -0.15) is 0 Å². The van der Waals surface area contributed by atoms with Gasteiger partial charge in [0.25, 0.3) is 0 Å². The molecule has 0 radical (unpaired) electrons. The zero-order valence-electron chi connectivity index (χ0n) is 9.99. The molecule has 0 atom stereocenters. The largest absolute Gasteiger partial charge is 0.460 e. The lowest BCUT2D eigenvalue weighted by Crippen LogP contribution is -2.25. The van der Waals surface area contributed by atoms with Crippen molar-refractivity contribution in [2.75, 3.05) is 0 Å². The second-order valence-electron chi connectivity index (χ2n) is 4.59. The highest BCUT2D eigenvalue weighted by molar-refractivity contribution is 7.12. The molecule has 0 spiro atoms. The van der Waals surface area contributed by atoms with E-state index in [1.807, 2.05) is 26.2 Å². The minimum Gasteiger partial charge on any atom is -0.460 e. The molecular formula is C12H16O3S. The van der Waals surface area contributed by atoms with Gasteiger partial charge in [-0.3, -0.25) is 9.59 Å². The minimum absolute atomic E-state index is 0.00596. The van der Waals surface area contributed by atoms with E-state index >= 15 is 0 Å². The van der Waals surface area contributed by atoms with E-state index in [4.69, 9.17) is 4.74 Å². The molecule has 0 bridgehead atoms. The Morgan fingerprint density at radius 1 is 1.38 bits per heavy atom. The van der Waals surface area contributed by atoms with E-state index in [1.165, 1.54) is 18.3 Å². The highest BCUT2D eigenvalue weighted by atomic mass is 32.1. The Kier molecular flexibility index (Phi) is 3.86. The van der Waals surface area contributed by atoms with Gasteiger partial charge >= 0.3 is 5.97 Å². The fourth-order valence-electron chi connectivity index (χ4n) is 1.32. The molecule has 3 nitrogen and oxygen atoms in total. The van der Waals surface area contributed by atoms with Crippen LogP contribution in [0.3, 0.4) is 0 Å². The van der Waals surface area contributed by atoms with E-state index in [9.17, 15) is 9.59 Å². The number of ether oxygens (including phenoxy) is 1. The predicted molar refractivity (Wildman–Crippen MR) is 63.9 cm³/mol. The van der Waals surface area contributed by atoms with Crippen molar-refractivity contribution in [1.82, 2.24) is 0 Å². The van der Waals surface area contributed by atoms with Crippen LogP contribution in [-0.4, -0.2) is 17.4 Å². The van der Waals surface area contributed by atoms with Crippen molar-refractivity contribution in [3.8, 4) is 0 Å². The number of rotatable bonds is 3. The third kappa shape index (κ3) is 3.77. The van der Waals surface area contributed by atoms with Crippen molar-refractivity contribution in [2.45, 2.75) is 39.7 Å². The lowest BCUT2D eigenvalue weighted by molar-refractivity contribution is -0.153. The Hall–Kier alpha value is -1.16. The second-order valence-corrected chi connectivity index (χ2v) is 5.51. The van der Waals surface area contributed by atoms with Gasteiger partial charge < -0.3 is 4.74 Å². The van der Waals surface area contributed by atoms with E-state index < -0.39 is 5.60 Å². The highest BCUT2D eigenvalue weighted by Gasteiger charge is 2.19. The molecule has 0 amide bonds. The zero-order chi connectivity index (χ0) is 12.3. The van der Waals surface area contributed by atoms with Crippen LogP contribution in [0.15, 0.2) is 11.4 Å². The zero-order valence-corrected chi connectivity index (χ0v) is 10.8. The molecule has 1 heterocycles. The normalized spacial score (nSPS) is 11.2. The lowest BCUT2D eigenvalue weighted by Gasteiger charge is -2.19. The summed E-state index contributed by atoms with van der Waals surface area (Å²) in [6, 6.07) is 1.80. The Labute approximate surface area is 99.4 Å². The Bertz CT molecular complexity index is 399. The monoisotopic (exact) mass is 240 g/mol. The average Bonchev–Trinajstić information content (AvgIpc) is 2.47. The van der Waals surface area contributed by atoms with Crippen molar-refractivity contribution in [3.63, 3.8) is 0 Å². The van der Waals surface area contributed by atoms with Crippen LogP contribution >= 0.6 is 11.3 Å². The Balaban J connectivity index is 2.70. The summed E-state index contributed by atoms with van der Waals surface area (Å²) in [6.07, 6.45) is 0.162. The van der Waals surface area contributed by atoms with Crippen LogP contribution in [0.1, 0.15) is 42.9 Å². The average molecular weight is 240 g/mol. The fraction of sp³-hybridized carbons (Fsp3) is 0.500. The lowest BCUT2D eigenvalue weighted by atomic mass is 10.1. The third-order valence-electron chi connectivity index (χ3n) is 1.82. The summed E-state index contributed by atoms with van der Waals surface area (Å²) in [5, 5.41) is 1.82. The summed E-state index contributed by atoms with van der Waals surface area (Å²) in [6.45, 7) is 6.98. The molecule has 88 valence electrons. The number of thiophene rings is 1. The van der Waals surface area contributed by atoms with E-state index in [0.29, 0.717) is 4.88 Å². The molecule has 0 saturated carbocycles. The van der Waals surface area contributed by atoms with E-state index in [-0.39, 0.29) is 18.2 Å². The molecular weight excluding hydrogens is 224 g/mol. The maximum absolute atomic E-state index is 11.6. The molecule has 0 aromatic carbocycles. The van der Waals surface area contributed by atoms with Gasteiger partial charge in [0.1, 0.15) is 5.60 Å².